The van der Waals surface area contributed by atoms with Crippen LogP contribution in [0.2, 0.25) is 0 Å². The Bertz CT molecular complexity index is 1750. The van der Waals surface area contributed by atoms with Gasteiger partial charge in [0.05, 0.1) is 19.8 Å². The molecule has 1 heterocycles. The highest BCUT2D eigenvalue weighted by Crippen LogP contribution is 2.60. The number of phenols is 3. The number of carbonyl (C=O) groups is 1. The van der Waals surface area contributed by atoms with Crippen molar-refractivity contribution in [2.45, 2.75) is 81.5 Å². The molecule has 252 valence electrons. The molecule has 1 saturated heterocycles. The Morgan fingerprint density at radius 3 is 2.52 bits per heavy atom. The summed E-state index contributed by atoms with van der Waals surface area (Å²) in [4.78, 5) is 14.2. The van der Waals surface area contributed by atoms with Gasteiger partial charge in [0.2, 0.25) is 0 Å². The summed E-state index contributed by atoms with van der Waals surface area (Å²) >= 11 is 0. The zero-order valence-electron chi connectivity index (χ0n) is 27.4. The molecule has 3 aromatic carbocycles. The van der Waals surface area contributed by atoms with Crippen LogP contribution in [-0.2, 0) is 29.7 Å². The Morgan fingerprint density at radius 1 is 0.958 bits per heavy atom. The summed E-state index contributed by atoms with van der Waals surface area (Å²) < 4.78 is 5.45. The molecule has 3 aromatic rings. The molecule has 6 N–H and O–H groups in total. The van der Waals surface area contributed by atoms with Gasteiger partial charge in [-0.3, -0.25) is 4.79 Å². The molecule has 8 nitrogen and oxygen atoms in total. The highest BCUT2D eigenvalue weighted by molar-refractivity contribution is 5.80. The number of piperidine rings is 1. The lowest BCUT2D eigenvalue weighted by atomic mass is 9.45. The van der Waals surface area contributed by atoms with E-state index in [-0.39, 0.29) is 77.9 Å². The van der Waals surface area contributed by atoms with E-state index in [2.05, 4.69) is 29.3 Å². The van der Waals surface area contributed by atoms with E-state index in [1.165, 1.54) is 13.2 Å². The summed E-state index contributed by atoms with van der Waals surface area (Å²) in [6.45, 7) is 0.243. The highest BCUT2D eigenvalue weighted by atomic mass is 16.5. The number of hydrogen-bond donors (Lipinski definition) is 6. The monoisotopic (exact) mass is 651 g/mol. The van der Waals surface area contributed by atoms with Crippen molar-refractivity contribution >= 4 is 5.78 Å². The first-order valence-electron chi connectivity index (χ1n) is 17.3. The van der Waals surface area contributed by atoms with Gasteiger partial charge in [-0.15, -0.1) is 0 Å². The summed E-state index contributed by atoms with van der Waals surface area (Å²) in [6.07, 6.45) is 4.31. The van der Waals surface area contributed by atoms with Gasteiger partial charge in [-0.1, -0.05) is 48.6 Å². The second-order valence-corrected chi connectivity index (χ2v) is 14.3. The maximum absolute atomic E-state index is 14.2. The molecule has 48 heavy (non-hydrogen) atoms. The minimum absolute atomic E-state index is 0.0400. The van der Waals surface area contributed by atoms with Gasteiger partial charge in [-0.05, 0) is 90.1 Å². The maximum atomic E-state index is 14.2. The molecule has 0 bridgehead atoms. The van der Waals surface area contributed by atoms with Gasteiger partial charge >= 0.3 is 0 Å². The molecule has 1 aliphatic heterocycles. The van der Waals surface area contributed by atoms with Crippen molar-refractivity contribution in [1.82, 2.24) is 5.32 Å². The molecule has 0 unspecified atom stereocenters. The smallest absolute Gasteiger partial charge is 0.160 e. The van der Waals surface area contributed by atoms with Crippen LogP contribution in [0.5, 0.6) is 23.0 Å². The largest absolute Gasteiger partial charge is 0.504 e. The number of aliphatic hydroxyl groups excluding tert-OH is 2. The fourth-order valence-corrected chi connectivity index (χ4v) is 9.90. The van der Waals surface area contributed by atoms with E-state index in [0.29, 0.717) is 24.1 Å². The number of aliphatic hydroxyl groups is 2. The van der Waals surface area contributed by atoms with Gasteiger partial charge in [0.15, 0.2) is 23.0 Å². The lowest BCUT2D eigenvalue weighted by Crippen LogP contribution is -2.69. The van der Waals surface area contributed by atoms with E-state index in [9.17, 15) is 30.3 Å². The Hall–Kier alpha value is -4.03. The molecule has 0 aromatic heterocycles. The molecular formula is C40H45NO7. The number of aryl methyl sites for hydroxylation is 1. The molecule has 8 heteroatoms. The Morgan fingerprint density at radius 2 is 1.75 bits per heavy atom. The van der Waals surface area contributed by atoms with Crippen LogP contribution in [0.15, 0.2) is 54.6 Å². The second kappa shape index (κ2) is 13.1. The molecular weight excluding hydrogens is 606 g/mol. The molecule has 1 saturated carbocycles. The van der Waals surface area contributed by atoms with Crippen LogP contribution in [0.25, 0.3) is 0 Å². The fourth-order valence-electron chi connectivity index (χ4n) is 9.90. The van der Waals surface area contributed by atoms with Crippen molar-refractivity contribution in [3.8, 4) is 34.8 Å². The minimum atomic E-state index is -0.970. The number of aromatic hydroxyl groups is 3. The number of nitrogens with one attached hydrogen (secondary N) is 1. The van der Waals surface area contributed by atoms with E-state index < -0.39 is 17.4 Å². The highest BCUT2D eigenvalue weighted by Gasteiger charge is 2.61. The molecule has 0 radical (unpaired) electrons. The standard InChI is InChI=1S/C40H45NO7/c1-48-37-19-31(27(22-42)16-35(37)46)30-17-29(43)18-36(47)39-26(11-10-24(30)14-23-6-3-2-4-7-23)21-41-38-9-5-8-28-13-12-25-15-33(44)34(45)20-32(25)40(28,38)39/h2-4,6-7,15-16,19-20,24,26,28,30,36,38-39,41-42,44-47H,5,8-9,12-14,17-18,21-22H2,1H3/t24-,26+,28-,30+,36-,38-,39-,40+/m0/s1. The third kappa shape index (κ3) is 5.52. The number of ketones is 1. The van der Waals surface area contributed by atoms with Gasteiger partial charge in [0.25, 0.3) is 0 Å². The van der Waals surface area contributed by atoms with Crippen molar-refractivity contribution in [3.63, 3.8) is 0 Å². The molecule has 3 aliphatic carbocycles. The third-order valence-corrected chi connectivity index (χ3v) is 11.8. The first-order chi connectivity index (χ1) is 23.2. The Kier molecular flexibility index (Phi) is 8.88. The zero-order valence-corrected chi connectivity index (χ0v) is 27.4. The van der Waals surface area contributed by atoms with Gasteiger partial charge in [0.1, 0.15) is 5.78 Å². The second-order valence-electron chi connectivity index (χ2n) is 14.3. The van der Waals surface area contributed by atoms with Gasteiger partial charge < -0.3 is 35.6 Å². The van der Waals surface area contributed by atoms with E-state index in [1.54, 1.807) is 18.2 Å². The Balaban J connectivity index is 1.40. The van der Waals surface area contributed by atoms with Crippen LogP contribution in [0.3, 0.4) is 0 Å². The van der Waals surface area contributed by atoms with Crippen LogP contribution in [0.1, 0.15) is 72.3 Å². The first-order valence-corrected chi connectivity index (χ1v) is 17.3. The molecule has 8 atom stereocenters. The number of benzene rings is 3. The fraction of sp³-hybridized carbons (Fsp3) is 0.475. The van der Waals surface area contributed by atoms with Crippen molar-refractivity contribution in [2.24, 2.45) is 23.7 Å². The predicted molar refractivity (Wildman–Crippen MR) is 181 cm³/mol. The SMILES string of the molecule is COc1cc([C@@H]2CC(=O)C[C@H](O)[C@@H]3[C@H](C#C[C@H]2Cc2ccccc2)CN[C@H]2CCC[C@H]4CCc5cc(O)c(O)cc5[C@@]432)c(CO)cc1O. The number of fused-ring (bicyclic) bond motifs is 2. The topological polar surface area (TPSA) is 139 Å². The van der Waals surface area contributed by atoms with Crippen molar-refractivity contribution < 1.29 is 35.1 Å². The lowest BCUT2D eigenvalue weighted by molar-refractivity contribution is -0.125. The minimum Gasteiger partial charge on any atom is -0.504 e. The number of methoxy groups -OCH3 is 1. The number of Topliss-reactive ketones (excluding diaryl/α,β-unsaturated/α-hetero) is 1. The van der Waals surface area contributed by atoms with E-state index in [1.807, 2.05) is 18.2 Å². The van der Waals surface area contributed by atoms with Gasteiger partial charge in [0, 0.05) is 54.5 Å². The number of hydrogen-bond acceptors (Lipinski definition) is 8. The van der Waals surface area contributed by atoms with E-state index in [0.717, 1.165) is 48.8 Å². The van der Waals surface area contributed by atoms with Crippen molar-refractivity contribution in [2.75, 3.05) is 13.7 Å². The summed E-state index contributed by atoms with van der Waals surface area (Å²) in [7, 11) is 1.47. The summed E-state index contributed by atoms with van der Waals surface area (Å²) in [5, 5.41) is 58.3. The van der Waals surface area contributed by atoms with E-state index >= 15 is 0 Å². The Labute approximate surface area is 281 Å². The first kappa shape index (κ1) is 32.5. The normalized spacial score (nSPS) is 31.2. The number of phenolic OH excluding ortho intramolecular Hbond substituents is 3. The maximum Gasteiger partial charge on any atom is 0.160 e. The van der Waals surface area contributed by atoms with E-state index in [4.69, 9.17) is 4.74 Å². The molecule has 7 rings (SSSR count). The number of carbonyl (C=O) groups excluding carboxylic acids is 1. The third-order valence-electron chi connectivity index (χ3n) is 11.8. The van der Waals surface area contributed by atoms with Crippen molar-refractivity contribution in [1.29, 1.82) is 0 Å². The average Bonchev–Trinajstić information content (AvgIpc) is 3.08. The van der Waals surface area contributed by atoms with Crippen molar-refractivity contribution in [3.05, 3.63) is 82.4 Å². The van der Waals surface area contributed by atoms with Crippen LogP contribution in [0.4, 0.5) is 0 Å². The quantitative estimate of drug-likeness (QED) is 0.170. The van der Waals surface area contributed by atoms with Crippen LogP contribution < -0.4 is 10.1 Å². The number of ether oxygens (including phenoxy) is 1. The lowest BCUT2D eigenvalue weighted by Gasteiger charge is -2.62. The molecule has 4 aliphatic rings. The summed E-state index contributed by atoms with van der Waals surface area (Å²) in [6, 6.07) is 16.7. The van der Waals surface area contributed by atoms with Crippen LogP contribution in [-0.4, -0.2) is 57.1 Å². The van der Waals surface area contributed by atoms with Crippen LogP contribution >= 0.6 is 0 Å². The van der Waals surface area contributed by atoms with Crippen LogP contribution in [0, 0.1) is 35.5 Å². The van der Waals surface area contributed by atoms with Gasteiger partial charge in [-0.25, -0.2) is 0 Å². The zero-order chi connectivity index (χ0) is 33.6. The summed E-state index contributed by atoms with van der Waals surface area (Å²) in [5.41, 5.74) is 3.67. The molecule has 1 spiro atoms. The molecule has 2 fully saturated rings. The number of rotatable bonds is 5. The average molecular weight is 652 g/mol. The molecule has 0 amide bonds. The summed E-state index contributed by atoms with van der Waals surface area (Å²) in [5.74, 6) is 5.92. The predicted octanol–water partition coefficient (Wildman–Crippen LogP) is 4.86. The van der Waals surface area contributed by atoms with Gasteiger partial charge in [-0.2, -0.15) is 0 Å².